The topological polar surface area (TPSA) is 46.9 Å². The zero-order valence-electron chi connectivity index (χ0n) is 15.3. The summed E-state index contributed by atoms with van der Waals surface area (Å²) in [7, 11) is 0. The fourth-order valence-electron chi connectivity index (χ4n) is 2.94. The van der Waals surface area contributed by atoms with Gasteiger partial charge in [0.2, 0.25) is 0 Å². The van der Waals surface area contributed by atoms with E-state index in [9.17, 15) is 4.79 Å². The van der Waals surface area contributed by atoms with E-state index in [1.54, 1.807) is 22.9 Å². The average molecular weight is 388 g/mol. The third-order valence-electron chi connectivity index (χ3n) is 4.41. The van der Waals surface area contributed by atoms with Crippen molar-refractivity contribution in [3.05, 3.63) is 101 Å². The van der Waals surface area contributed by atoms with Gasteiger partial charge in [-0.25, -0.2) is 4.68 Å². The van der Waals surface area contributed by atoms with Gasteiger partial charge in [0.1, 0.15) is 0 Å². The minimum absolute atomic E-state index is 0.309. The van der Waals surface area contributed by atoms with Gasteiger partial charge >= 0.3 is 0 Å². The Labute approximate surface area is 168 Å². The molecular weight excluding hydrogens is 370 g/mol. The van der Waals surface area contributed by atoms with E-state index in [1.165, 1.54) is 5.56 Å². The third-order valence-corrected chi connectivity index (χ3v) is 4.74. The predicted octanol–water partition coefficient (Wildman–Crippen LogP) is 5.75. The van der Waals surface area contributed by atoms with Gasteiger partial charge in [0.15, 0.2) is 5.69 Å². The monoisotopic (exact) mass is 387 g/mol. The third kappa shape index (κ3) is 3.68. The lowest BCUT2D eigenvalue weighted by atomic mass is 10.1. The van der Waals surface area contributed by atoms with Gasteiger partial charge in [-0.2, -0.15) is 5.10 Å². The number of para-hydroxylation sites is 2. The number of hydrogen-bond donors (Lipinski definition) is 1. The van der Waals surface area contributed by atoms with Crippen molar-refractivity contribution in [2.45, 2.75) is 6.92 Å². The largest absolute Gasteiger partial charge is 0.319 e. The van der Waals surface area contributed by atoms with Crippen molar-refractivity contribution in [1.82, 2.24) is 9.78 Å². The van der Waals surface area contributed by atoms with Crippen LogP contribution in [0.3, 0.4) is 0 Å². The molecule has 4 rings (SSSR count). The predicted molar refractivity (Wildman–Crippen MR) is 113 cm³/mol. The Kier molecular flexibility index (Phi) is 4.96. The summed E-state index contributed by atoms with van der Waals surface area (Å²) >= 11 is 6.16. The molecule has 0 radical (unpaired) electrons. The number of nitrogens with zero attached hydrogens (tertiary/aromatic N) is 2. The van der Waals surface area contributed by atoms with Crippen LogP contribution < -0.4 is 5.32 Å². The quantitative estimate of drug-likeness (QED) is 0.484. The molecular formula is C23H18ClN3O. The normalized spacial score (nSPS) is 10.6. The summed E-state index contributed by atoms with van der Waals surface area (Å²) in [4.78, 5) is 12.8. The highest BCUT2D eigenvalue weighted by molar-refractivity contribution is 6.33. The highest BCUT2D eigenvalue weighted by atomic mass is 35.5. The van der Waals surface area contributed by atoms with Crippen LogP contribution in [0.1, 0.15) is 16.1 Å². The van der Waals surface area contributed by atoms with Crippen molar-refractivity contribution in [3.63, 3.8) is 0 Å². The van der Waals surface area contributed by atoms with Crippen LogP contribution in [-0.4, -0.2) is 15.7 Å². The molecule has 0 unspecified atom stereocenters. The first-order valence-corrected chi connectivity index (χ1v) is 9.28. The second-order valence-electron chi connectivity index (χ2n) is 6.46. The van der Waals surface area contributed by atoms with Crippen LogP contribution in [0.4, 0.5) is 5.69 Å². The molecule has 28 heavy (non-hydrogen) atoms. The Bertz CT molecular complexity index is 1120. The summed E-state index contributed by atoms with van der Waals surface area (Å²) in [5.41, 5.74) is 4.76. The minimum atomic E-state index is -0.309. The second-order valence-corrected chi connectivity index (χ2v) is 6.87. The molecule has 0 aliphatic heterocycles. The fraction of sp³-hybridized carbons (Fsp3) is 0.0435. The summed E-state index contributed by atoms with van der Waals surface area (Å²) in [5, 5.41) is 7.88. The van der Waals surface area contributed by atoms with Crippen LogP contribution in [0, 0.1) is 6.92 Å². The van der Waals surface area contributed by atoms with E-state index in [-0.39, 0.29) is 5.91 Å². The van der Waals surface area contributed by atoms with Gasteiger partial charge in [0.05, 0.1) is 22.1 Å². The van der Waals surface area contributed by atoms with E-state index in [2.05, 4.69) is 10.4 Å². The molecule has 0 saturated heterocycles. The molecule has 1 heterocycles. The number of amides is 1. The maximum atomic E-state index is 12.8. The fourth-order valence-corrected chi connectivity index (χ4v) is 3.12. The highest BCUT2D eigenvalue weighted by Gasteiger charge is 2.17. The van der Waals surface area contributed by atoms with Gasteiger partial charge in [0.25, 0.3) is 5.91 Å². The average Bonchev–Trinajstić information content (AvgIpc) is 3.16. The lowest BCUT2D eigenvalue weighted by Crippen LogP contribution is -2.13. The molecule has 3 aromatic carbocycles. The molecule has 5 heteroatoms. The van der Waals surface area contributed by atoms with Crippen LogP contribution in [0.15, 0.2) is 84.9 Å². The maximum Gasteiger partial charge on any atom is 0.276 e. The van der Waals surface area contributed by atoms with Crippen LogP contribution in [0.5, 0.6) is 0 Å². The molecule has 0 saturated carbocycles. The number of benzene rings is 3. The van der Waals surface area contributed by atoms with Gasteiger partial charge in [-0.15, -0.1) is 0 Å². The van der Waals surface area contributed by atoms with E-state index in [0.717, 1.165) is 16.9 Å². The lowest BCUT2D eigenvalue weighted by Gasteiger charge is -2.07. The zero-order valence-corrected chi connectivity index (χ0v) is 16.0. The first-order valence-electron chi connectivity index (χ1n) is 8.90. The number of hydrogen-bond acceptors (Lipinski definition) is 2. The van der Waals surface area contributed by atoms with E-state index in [1.807, 2.05) is 73.7 Å². The van der Waals surface area contributed by atoms with Crippen molar-refractivity contribution in [2.24, 2.45) is 0 Å². The molecule has 1 amide bonds. The SMILES string of the molecule is Cc1ccc(-c2cc(C(=O)Nc3ccccc3Cl)nn2-c2ccccc2)cc1. The first-order chi connectivity index (χ1) is 13.6. The van der Waals surface area contributed by atoms with Crippen molar-refractivity contribution < 1.29 is 4.79 Å². The summed E-state index contributed by atoms with van der Waals surface area (Å²) in [5.74, 6) is -0.309. The standard InChI is InChI=1S/C23H18ClN3O/c1-16-11-13-17(14-12-16)22-15-21(26-27(22)18-7-3-2-4-8-18)23(28)25-20-10-6-5-9-19(20)24/h2-15H,1H3,(H,25,28). The van der Waals surface area contributed by atoms with E-state index in [4.69, 9.17) is 11.6 Å². The summed E-state index contributed by atoms with van der Waals surface area (Å²) < 4.78 is 1.78. The van der Waals surface area contributed by atoms with Crippen molar-refractivity contribution in [2.75, 3.05) is 5.32 Å². The van der Waals surface area contributed by atoms with Gasteiger partial charge in [0, 0.05) is 5.56 Å². The Hall–Kier alpha value is -3.37. The second kappa shape index (κ2) is 7.71. The van der Waals surface area contributed by atoms with Crippen LogP contribution in [0.2, 0.25) is 5.02 Å². The molecule has 138 valence electrons. The lowest BCUT2D eigenvalue weighted by molar-refractivity contribution is 0.102. The van der Waals surface area contributed by atoms with Crippen molar-refractivity contribution >= 4 is 23.2 Å². The van der Waals surface area contributed by atoms with Crippen LogP contribution >= 0.6 is 11.6 Å². The Morgan fingerprint density at radius 3 is 2.32 bits per heavy atom. The summed E-state index contributed by atoms with van der Waals surface area (Å²) in [6.45, 7) is 2.04. The number of carbonyl (C=O) groups is 1. The molecule has 1 aromatic heterocycles. The van der Waals surface area contributed by atoms with Crippen LogP contribution in [0.25, 0.3) is 16.9 Å². The number of halogens is 1. The summed E-state index contributed by atoms with van der Waals surface area (Å²) in [6.07, 6.45) is 0. The molecule has 0 bridgehead atoms. The first kappa shape index (κ1) is 18.0. The van der Waals surface area contributed by atoms with Gasteiger partial charge in [-0.3, -0.25) is 4.79 Å². The Balaban J connectivity index is 1.76. The van der Waals surface area contributed by atoms with E-state index in [0.29, 0.717) is 16.4 Å². The highest BCUT2D eigenvalue weighted by Crippen LogP contribution is 2.26. The van der Waals surface area contributed by atoms with Crippen LogP contribution in [-0.2, 0) is 0 Å². The smallest absolute Gasteiger partial charge is 0.276 e. The number of anilines is 1. The number of carbonyl (C=O) groups excluding carboxylic acids is 1. The Morgan fingerprint density at radius 2 is 1.61 bits per heavy atom. The van der Waals surface area contributed by atoms with Gasteiger partial charge in [-0.1, -0.05) is 71.8 Å². The van der Waals surface area contributed by atoms with Crippen molar-refractivity contribution in [1.29, 1.82) is 0 Å². The number of aryl methyl sites for hydroxylation is 1. The van der Waals surface area contributed by atoms with Crippen molar-refractivity contribution in [3.8, 4) is 16.9 Å². The molecule has 0 atom stereocenters. The number of aromatic nitrogens is 2. The molecule has 0 aliphatic carbocycles. The minimum Gasteiger partial charge on any atom is -0.319 e. The molecule has 0 spiro atoms. The zero-order chi connectivity index (χ0) is 19.5. The molecule has 0 fully saturated rings. The number of rotatable bonds is 4. The molecule has 1 N–H and O–H groups in total. The molecule has 0 aliphatic rings. The molecule has 4 aromatic rings. The maximum absolute atomic E-state index is 12.8. The summed E-state index contributed by atoms with van der Waals surface area (Å²) in [6, 6.07) is 26.8. The van der Waals surface area contributed by atoms with Gasteiger partial charge < -0.3 is 5.32 Å². The number of nitrogens with one attached hydrogen (secondary N) is 1. The van der Waals surface area contributed by atoms with E-state index >= 15 is 0 Å². The van der Waals surface area contributed by atoms with Gasteiger partial charge in [-0.05, 0) is 37.3 Å². The van der Waals surface area contributed by atoms with E-state index < -0.39 is 0 Å². The Morgan fingerprint density at radius 1 is 0.929 bits per heavy atom. The molecule has 4 nitrogen and oxygen atoms in total.